The van der Waals surface area contributed by atoms with Crippen LogP contribution < -0.4 is 5.73 Å². The minimum absolute atomic E-state index is 0.0720. The van der Waals surface area contributed by atoms with Crippen LogP contribution >= 0.6 is 11.6 Å². The van der Waals surface area contributed by atoms with Gasteiger partial charge < -0.3 is 15.2 Å². The van der Waals surface area contributed by atoms with Gasteiger partial charge >= 0.3 is 5.97 Å². The first kappa shape index (κ1) is 11.8. The first-order valence-electron chi connectivity index (χ1n) is 4.45. The quantitative estimate of drug-likeness (QED) is 0.372. The first-order valence-corrected chi connectivity index (χ1v) is 4.83. The highest BCUT2D eigenvalue weighted by Crippen LogP contribution is 2.18. The van der Waals surface area contributed by atoms with Crippen molar-refractivity contribution >= 4 is 23.3 Å². The van der Waals surface area contributed by atoms with Crippen molar-refractivity contribution in [1.82, 2.24) is 0 Å². The van der Waals surface area contributed by atoms with E-state index in [1.807, 2.05) is 6.92 Å². The lowest BCUT2D eigenvalue weighted by molar-refractivity contribution is -0.0273. The minimum atomic E-state index is -0.516. The third-order valence-corrected chi connectivity index (χ3v) is 1.95. The Hall–Kier alpha value is -1.26. The second-order valence-corrected chi connectivity index (χ2v) is 3.21. The molecule has 1 rings (SSSR count). The third kappa shape index (κ3) is 3.42. The highest BCUT2D eigenvalue weighted by Gasteiger charge is 2.10. The van der Waals surface area contributed by atoms with Gasteiger partial charge in [-0.2, -0.15) is 0 Å². The summed E-state index contributed by atoms with van der Waals surface area (Å²) in [7, 11) is 0. The number of hydrogen-bond donors (Lipinski definition) is 1. The van der Waals surface area contributed by atoms with Crippen molar-refractivity contribution in [1.29, 1.82) is 0 Å². The summed E-state index contributed by atoms with van der Waals surface area (Å²) in [5.41, 5.74) is 6.19. The Balaban J connectivity index is 2.65. The lowest BCUT2D eigenvalue weighted by atomic mass is 10.2. The normalized spacial score (nSPS) is 10.0. The number of rotatable bonds is 4. The van der Waals surface area contributed by atoms with Crippen LogP contribution in [0.5, 0.6) is 0 Å². The maximum absolute atomic E-state index is 11.4. The molecule has 0 aromatic heterocycles. The molecular formula is C10H12ClNO3. The number of esters is 1. The van der Waals surface area contributed by atoms with Crippen LogP contribution in [0.2, 0.25) is 5.02 Å². The Bertz CT molecular complexity index is 355. The molecule has 0 saturated carbocycles. The zero-order chi connectivity index (χ0) is 11.3. The standard InChI is InChI=1S/C10H12ClNO3/c1-2-14-6-15-10(13)8-4-3-7(11)5-9(8)12/h3-5H,2,6,12H2,1H3. The maximum Gasteiger partial charge on any atom is 0.342 e. The molecule has 0 aliphatic carbocycles. The molecule has 1 aromatic carbocycles. The fourth-order valence-electron chi connectivity index (χ4n) is 0.976. The molecule has 0 unspecified atom stereocenters. The molecule has 5 heteroatoms. The SMILES string of the molecule is CCOCOC(=O)c1ccc(Cl)cc1N. The summed E-state index contributed by atoms with van der Waals surface area (Å²) in [5, 5.41) is 0.480. The average molecular weight is 230 g/mol. The van der Waals surface area contributed by atoms with Gasteiger partial charge in [0.15, 0.2) is 6.79 Å². The number of nitrogens with two attached hydrogens (primary N) is 1. The molecule has 0 fully saturated rings. The Labute approximate surface area is 92.9 Å². The van der Waals surface area contributed by atoms with Crippen molar-refractivity contribution in [2.24, 2.45) is 0 Å². The van der Waals surface area contributed by atoms with Crippen LogP contribution in [0, 0.1) is 0 Å². The Kier molecular flexibility index (Phi) is 4.39. The molecule has 0 bridgehead atoms. The number of carbonyl (C=O) groups excluding carboxylic acids is 1. The van der Waals surface area contributed by atoms with Gasteiger partial charge in [0.2, 0.25) is 0 Å². The molecule has 82 valence electrons. The molecule has 2 N–H and O–H groups in total. The molecule has 15 heavy (non-hydrogen) atoms. The van der Waals surface area contributed by atoms with Crippen molar-refractivity contribution in [3.8, 4) is 0 Å². The second kappa shape index (κ2) is 5.58. The van der Waals surface area contributed by atoms with Gasteiger partial charge in [0.05, 0.1) is 5.56 Å². The van der Waals surface area contributed by atoms with Crippen LogP contribution in [0.4, 0.5) is 5.69 Å². The van der Waals surface area contributed by atoms with E-state index in [9.17, 15) is 4.79 Å². The molecule has 0 heterocycles. The summed E-state index contributed by atoms with van der Waals surface area (Å²) < 4.78 is 9.68. The largest absolute Gasteiger partial charge is 0.435 e. The molecule has 0 amide bonds. The van der Waals surface area contributed by atoms with Crippen molar-refractivity contribution in [2.45, 2.75) is 6.92 Å². The van der Waals surface area contributed by atoms with Gasteiger partial charge in [-0.15, -0.1) is 0 Å². The van der Waals surface area contributed by atoms with E-state index in [1.54, 1.807) is 6.07 Å². The minimum Gasteiger partial charge on any atom is -0.435 e. The van der Waals surface area contributed by atoms with Crippen LogP contribution in [0.15, 0.2) is 18.2 Å². The van der Waals surface area contributed by atoms with Crippen LogP contribution in [0.25, 0.3) is 0 Å². The summed E-state index contributed by atoms with van der Waals surface area (Å²) in [5.74, 6) is -0.516. The number of carbonyl (C=O) groups is 1. The smallest absolute Gasteiger partial charge is 0.342 e. The fourth-order valence-corrected chi connectivity index (χ4v) is 1.16. The van der Waals surface area contributed by atoms with Crippen molar-refractivity contribution in [2.75, 3.05) is 19.1 Å². The van der Waals surface area contributed by atoms with Crippen molar-refractivity contribution in [3.05, 3.63) is 28.8 Å². The number of nitrogen functional groups attached to an aromatic ring is 1. The van der Waals surface area contributed by atoms with Crippen molar-refractivity contribution in [3.63, 3.8) is 0 Å². The van der Waals surface area contributed by atoms with E-state index in [0.29, 0.717) is 22.9 Å². The van der Waals surface area contributed by atoms with Crippen LogP contribution in [0.3, 0.4) is 0 Å². The zero-order valence-electron chi connectivity index (χ0n) is 8.33. The molecule has 1 aromatic rings. The topological polar surface area (TPSA) is 61.5 Å². The lowest BCUT2D eigenvalue weighted by Gasteiger charge is -2.06. The molecule has 0 aliphatic rings. The molecule has 0 saturated heterocycles. The zero-order valence-corrected chi connectivity index (χ0v) is 9.08. The molecule has 0 aliphatic heterocycles. The Morgan fingerprint density at radius 2 is 2.27 bits per heavy atom. The number of hydrogen-bond acceptors (Lipinski definition) is 4. The van der Waals surface area contributed by atoms with Gasteiger partial charge in [-0.25, -0.2) is 4.79 Å². The number of halogens is 1. The van der Waals surface area contributed by atoms with E-state index in [1.165, 1.54) is 12.1 Å². The third-order valence-electron chi connectivity index (χ3n) is 1.71. The highest BCUT2D eigenvalue weighted by atomic mass is 35.5. The molecule has 0 radical (unpaired) electrons. The summed E-state index contributed by atoms with van der Waals surface area (Å²) in [6.07, 6.45) is 0. The molecule has 0 spiro atoms. The van der Waals surface area contributed by atoms with E-state index in [2.05, 4.69) is 0 Å². The molecular weight excluding hydrogens is 218 g/mol. The summed E-state index contributed by atoms with van der Waals surface area (Å²) in [6, 6.07) is 4.60. The van der Waals surface area contributed by atoms with E-state index >= 15 is 0 Å². The number of ether oxygens (including phenoxy) is 2. The second-order valence-electron chi connectivity index (χ2n) is 2.77. The van der Waals surface area contributed by atoms with Gasteiger partial charge in [0.1, 0.15) is 0 Å². The maximum atomic E-state index is 11.4. The van der Waals surface area contributed by atoms with Crippen LogP contribution in [-0.2, 0) is 9.47 Å². The highest BCUT2D eigenvalue weighted by molar-refractivity contribution is 6.31. The van der Waals surface area contributed by atoms with Crippen molar-refractivity contribution < 1.29 is 14.3 Å². The van der Waals surface area contributed by atoms with Gasteiger partial charge in [0, 0.05) is 17.3 Å². The van der Waals surface area contributed by atoms with Gasteiger partial charge in [-0.05, 0) is 25.1 Å². The lowest BCUT2D eigenvalue weighted by Crippen LogP contribution is -2.10. The van der Waals surface area contributed by atoms with Gasteiger partial charge in [0.25, 0.3) is 0 Å². The van der Waals surface area contributed by atoms with E-state index in [0.717, 1.165) is 0 Å². The Morgan fingerprint density at radius 1 is 1.53 bits per heavy atom. The van der Waals surface area contributed by atoms with E-state index in [4.69, 9.17) is 26.8 Å². The summed E-state index contributed by atoms with van der Waals surface area (Å²) in [4.78, 5) is 11.4. The molecule has 4 nitrogen and oxygen atoms in total. The first-order chi connectivity index (χ1) is 7.15. The summed E-state index contributed by atoms with van der Waals surface area (Å²) >= 11 is 5.69. The number of benzene rings is 1. The van der Waals surface area contributed by atoms with E-state index in [-0.39, 0.29) is 6.79 Å². The van der Waals surface area contributed by atoms with Gasteiger partial charge in [-0.1, -0.05) is 11.6 Å². The fraction of sp³-hybridized carbons (Fsp3) is 0.300. The predicted molar refractivity (Wildman–Crippen MR) is 57.8 cm³/mol. The average Bonchev–Trinajstić information content (AvgIpc) is 2.17. The summed E-state index contributed by atoms with van der Waals surface area (Å²) in [6.45, 7) is 2.23. The molecule has 0 atom stereocenters. The van der Waals surface area contributed by atoms with E-state index < -0.39 is 5.97 Å². The predicted octanol–water partition coefficient (Wildman–Crippen LogP) is 2.07. The Morgan fingerprint density at radius 3 is 2.87 bits per heavy atom. The van der Waals surface area contributed by atoms with Gasteiger partial charge in [-0.3, -0.25) is 0 Å². The van der Waals surface area contributed by atoms with Crippen LogP contribution in [0.1, 0.15) is 17.3 Å². The number of anilines is 1. The monoisotopic (exact) mass is 229 g/mol. The van der Waals surface area contributed by atoms with Crippen LogP contribution in [-0.4, -0.2) is 19.4 Å².